The molecule has 0 aromatic rings. The first-order valence-electron chi connectivity index (χ1n) is 4.33. The first-order valence-corrected chi connectivity index (χ1v) is 4.33. The Balaban J connectivity index is 3.58. The number of esters is 1. The van der Waals surface area contributed by atoms with Gasteiger partial charge in [0.25, 0.3) is 0 Å². The van der Waals surface area contributed by atoms with Gasteiger partial charge in [0.15, 0.2) is 0 Å². The van der Waals surface area contributed by atoms with Crippen molar-refractivity contribution in [2.75, 3.05) is 7.11 Å². The van der Waals surface area contributed by atoms with Crippen LogP contribution in [0.5, 0.6) is 0 Å². The molecule has 0 rings (SSSR count). The second-order valence-corrected chi connectivity index (χ2v) is 2.51. The molecule has 0 saturated heterocycles. The molecule has 0 aliphatic carbocycles. The lowest BCUT2D eigenvalue weighted by Gasteiger charge is -1.95. The quantitative estimate of drug-likeness (QED) is 0.378. The van der Waals surface area contributed by atoms with Crippen LogP contribution in [0.25, 0.3) is 0 Å². The number of hydrogen-bond donors (Lipinski definition) is 0. The maximum atomic E-state index is 10.9. The fourth-order valence-electron chi connectivity index (χ4n) is 0.465. The van der Waals surface area contributed by atoms with Crippen molar-refractivity contribution in [1.82, 2.24) is 0 Å². The van der Waals surface area contributed by atoms with E-state index < -0.39 is 5.97 Å². The molecule has 0 aliphatic heterocycles. The summed E-state index contributed by atoms with van der Waals surface area (Å²) in [6.45, 7) is 4.96. The Bertz CT molecular complexity index is 301. The Morgan fingerprint density at radius 3 is 2.00 bits per heavy atom. The van der Waals surface area contributed by atoms with E-state index in [0.717, 1.165) is 6.26 Å². The normalized spacial score (nSPS) is 10.9. The highest BCUT2D eigenvalue weighted by Crippen LogP contribution is 1.93. The lowest BCUT2D eigenvalue weighted by molar-refractivity contribution is -0.133. The Morgan fingerprint density at radius 1 is 1.00 bits per heavy atom. The molecule has 88 valence electrons. The summed E-state index contributed by atoms with van der Waals surface area (Å²) < 4.78 is 18.7. The Labute approximate surface area is 94.2 Å². The minimum absolute atomic E-state index is 0.313. The predicted molar refractivity (Wildman–Crippen MR) is 57.5 cm³/mol. The summed E-state index contributed by atoms with van der Waals surface area (Å²) in [6, 6.07) is 0. The highest BCUT2D eigenvalue weighted by molar-refractivity contribution is 5.87. The van der Waals surface area contributed by atoms with E-state index in [9.17, 15) is 4.79 Å². The molecule has 0 atom stereocenters. The van der Waals surface area contributed by atoms with Gasteiger partial charge in [0.1, 0.15) is 37.6 Å². The largest absolute Gasteiger partial charge is 0.501 e. The molecule has 0 N–H and O–H groups in total. The average molecular weight is 226 g/mol. The number of rotatable bonds is 7. The summed E-state index contributed by atoms with van der Waals surface area (Å²) in [4.78, 5) is 10.9. The van der Waals surface area contributed by atoms with Crippen molar-refractivity contribution in [2.24, 2.45) is 0 Å². The van der Waals surface area contributed by atoms with Crippen molar-refractivity contribution in [1.29, 1.82) is 0 Å². The van der Waals surface area contributed by atoms with E-state index in [1.807, 2.05) is 0 Å². The third kappa shape index (κ3) is 8.43. The van der Waals surface area contributed by atoms with Gasteiger partial charge in [-0.1, -0.05) is 6.58 Å². The van der Waals surface area contributed by atoms with Crippen molar-refractivity contribution in [3.05, 3.63) is 49.7 Å². The third-order valence-electron chi connectivity index (χ3n) is 1.14. The third-order valence-corrected chi connectivity index (χ3v) is 1.14. The Kier molecular flexibility index (Phi) is 8.11. The fraction of sp³-hybridized carbons (Fsp3) is 0.182. The maximum Gasteiger partial charge on any atom is 0.338 e. The zero-order valence-electron chi connectivity index (χ0n) is 9.21. The molecule has 0 heterocycles. The molecule has 0 radical (unpaired) electrons. The highest BCUT2D eigenvalue weighted by atomic mass is 16.5. The molecule has 0 aliphatic rings. The zero-order chi connectivity index (χ0) is 12.2. The van der Waals surface area contributed by atoms with E-state index in [4.69, 9.17) is 9.47 Å². The van der Waals surface area contributed by atoms with Crippen LogP contribution >= 0.6 is 0 Å². The predicted octanol–water partition coefficient (Wildman–Crippen LogP) is 2.20. The van der Waals surface area contributed by atoms with Crippen LogP contribution in [0.1, 0.15) is 6.92 Å². The van der Waals surface area contributed by atoms with E-state index >= 15 is 0 Å². The van der Waals surface area contributed by atoms with Gasteiger partial charge in [0.05, 0.1) is 7.11 Å². The molecule has 0 saturated carbocycles. The molecule has 0 bridgehead atoms. The van der Waals surface area contributed by atoms with Crippen LogP contribution < -0.4 is 0 Å². The first-order chi connectivity index (χ1) is 7.68. The smallest absolute Gasteiger partial charge is 0.338 e. The minimum atomic E-state index is -0.511. The number of methoxy groups -OCH3 is 1. The van der Waals surface area contributed by atoms with Gasteiger partial charge < -0.3 is 18.9 Å². The monoisotopic (exact) mass is 226 g/mol. The molecule has 0 aromatic heterocycles. The lowest BCUT2D eigenvalue weighted by Crippen LogP contribution is -1.98. The number of carbonyl (C=O) groups excluding carboxylic acids is 1. The van der Waals surface area contributed by atoms with Crippen molar-refractivity contribution in [2.45, 2.75) is 6.92 Å². The van der Waals surface area contributed by atoms with Crippen LogP contribution in [0.4, 0.5) is 0 Å². The summed E-state index contributed by atoms with van der Waals surface area (Å²) in [5.74, 6) is -0.511. The molecule has 5 nitrogen and oxygen atoms in total. The fourth-order valence-corrected chi connectivity index (χ4v) is 0.465. The summed E-state index contributed by atoms with van der Waals surface area (Å²) in [7, 11) is 1.50. The topological polar surface area (TPSA) is 54.0 Å². The van der Waals surface area contributed by atoms with Gasteiger partial charge in [-0.3, -0.25) is 0 Å². The van der Waals surface area contributed by atoms with E-state index in [0.29, 0.717) is 5.57 Å². The minimum Gasteiger partial charge on any atom is -0.501 e. The van der Waals surface area contributed by atoms with Crippen LogP contribution in [-0.2, 0) is 23.7 Å². The summed E-state index contributed by atoms with van der Waals surface area (Å²) in [5, 5.41) is 0. The van der Waals surface area contributed by atoms with Crippen molar-refractivity contribution in [3.8, 4) is 0 Å². The molecular formula is C11H14O5. The summed E-state index contributed by atoms with van der Waals surface area (Å²) in [6.07, 6.45) is 7.50. The van der Waals surface area contributed by atoms with Gasteiger partial charge in [0.2, 0.25) is 0 Å². The SMILES string of the molecule is C=C(C)C(=O)OC=COC=COC=COC. The number of carbonyl (C=O) groups is 1. The lowest BCUT2D eigenvalue weighted by atomic mass is 10.4. The molecule has 0 aromatic carbocycles. The van der Waals surface area contributed by atoms with Gasteiger partial charge in [-0.2, -0.15) is 0 Å². The second kappa shape index (κ2) is 9.39. The highest BCUT2D eigenvalue weighted by Gasteiger charge is 1.98. The van der Waals surface area contributed by atoms with Crippen molar-refractivity contribution >= 4 is 5.97 Å². The van der Waals surface area contributed by atoms with Gasteiger partial charge in [-0.05, 0) is 6.92 Å². The number of ether oxygens (including phenoxy) is 4. The van der Waals surface area contributed by atoms with Crippen molar-refractivity contribution in [3.63, 3.8) is 0 Å². The number of hydrogen-bond acceptors (Lipinski definition) is 5. The molecular weight excluding hydrogens is 212 g/mol. The van der Waals surface area contributed by atoms with Gasteiger partial charge in [-0.15, -0.1) is 0 Å². The second-order valence-electron chi connectivity index (χ2n) is 2.51. The van der Waals surface area contributed by atoms with E-state index in [-0.39, 0.29) is 0 Å². The van der Waals surface area contributed by atoms with Crippen LogP contribution in [-0.4, -0.2) is 13.1 Å². The van der Waals surface area contributed by atoms with Crippen LogP contribution in [0.3, 0.4) is 0 Å². The molecule has 0 unspecified atom stereocenters. The molecule has 0 fully saturated rings. The van der Waals surface area contributed by atoms with E-state index in [2.05, 4.69) is 16.1 Å². The van der Waals surface area contributed by atoms with Gasteiger partial charge in [0, 0.05) is 5.57 Å². The van der Waals surface area contributed by atoms with E-state index in [1.165, 1.54) is 38.4 Å². The molecule has 5 heteroatoms. The molecule has 0 spiro atoms. The average Bonchev–Trinajstić information content (AvgIpc) is 2.26. The van der Waals surface area contributed by atoms with E-state index in [1.54, 1.807) is 6.92 Å². The van der Waals surface area contributed by atoms with Crippen LogP contribution in [0.15, 0.2) is 49.7 Å². The summed E-state index contributed by atoms with van der Waals surface area (Å²) >= 11 is 0. The standard InChI is InChI=1S/C11H14O5/c1-10(2)11(12)16-9-8-15-7-6-14-5-4-13-3/h4-9H,1H2,2-3H3. The molecule has 16 heavy (non-hydrogen) atoms. The first kappa shape index (κ1) is 13.8. The Morgan fingerprint density at radius 2 is 1.50 bits per heavy atom. The summed E-state index contributed by atoms with van der Waals surface area (Å²) in [5.41, 5.74) is 0.313. The van der Waals surface area contributed by atoms with Gasteiger partial charge >= 0.3 is 5.97 Å². The van der Waals surface area contributed by atoms with Gasteiger partial charge in [-0.25, -0.2) is 4.79 Å². The zero-order valence-corrected chi connectivity index (χ0v) is 9.21. The van der Waals surface area contributed by atoms with Crippen molar-refractivity contribution < 1.29 is 23.7 Å². The van der Waals surface area contributed by atoms with Crippen LogP contribution in [0.2, 0.25) is 0 Å². The Hall–Kier alpha value is -2.17. The molecule has 0 amide bonds. The van der Waals surface area contributed by atoms with Crippen LogP contribution in [0, 0.1) is 0 Å². The maximum absolute atomic E-state index is 10.9.